The zero-order valence-corrected chi connectivity index (χ0v) is 15.3. The number of sulfone groups is 1. The minimum Gasteiger partial charge on any atom is -0.495 e. The van der Waals surface area contributed by atoms with E-state index in [4.69, 9.17) is 16.3 Å². The van der Waals surface area contributed by atoms with Gasteiger partial charge >= 0.3 is 0 Å². The molecule has 0 heterocycles. The molecule has 0 N–H and O–H groups in total. The van der Waals surface area contributed by atoms with Gasteiger partial charge in [0.25, 0.3) is 0 Å². The molecule has 0 saturated heterocycles. The molecule has 0 aliphatic heterocycles. The molecule has 22 heavy (non-hydrogen) atoms. The van der Waals surface area contributed by atoms with Crippen LogP contribution in [0.1, 0.15) is 51.5 Å². The van der Waals surface area contributed by atoms with E-state index in [1.54, 1.807) is 21.0 Å². The van der Waals surface area contributed by atoms with E-state index in [9.17, 15) is 8.42 Å². The molecular weight excluding hydrogens is 320 g/mol. The van der Waals surface area contributed by atoms with E-state index >= 15 is 0 Å². The Morgan fingerprint density at radius 1 is 1.09 bits per heavy atom. The third-order valence-corrected chi connectivity index (χ3v) is 6.42. The van der Waals surface area contributed by atoms with Crippen molar-refractivity contribution in [2.45, 2.75) is 57.6 Å². The largest absolute Gasteiger partial charge is 0.495 e. The molecule has 1 aromatic rings. The second kappa shape index (κ2) is 9.41. The molecule has 1 rings (SSSR count). The Bertz CT molecular complexity index is 553. The van der Waals surface area contributed by atoms with Gasteiger partial charge < -0.3 is 4.74 Å². The van der Waals surface area contributed by atoms with Crippen molar-refractivity contribution < 1.29 is 13.2 Å². The summed E-state index contributed by atoms with van der Waals surface area (Å²) >= 11 is 6.10. The predicted octanol–water partition coefficient (Wildman–Crippen LogP) is 4.66. The first kappa shape index (κ1) is 19.3. The van der Waals surface area contributed by atoms with E-state index < -0.39 is 9.84 Å². The average Bonchev–Trinajstić information content (AvgIpc) is 2.46. The smallest absolute Gasteiger partial charge is 0.152 e. The van der Waals surface area contributed by atoms with Crippen molar-refractivity contribution in [2.24, 2.45) is 0 Å². The van der Waals surface area contributed by atoms with Crippen LogP contribution in [-0.2, 0) is 16.3 Å². The van der Waals surface area contributed by atoms with E-state index in [1.165, 1.54) is 5.56 Å². The number of rotatable bonds is 10. The number of ether oxygens (including phenoxy) is 1. The van der Waals surface area contributed by atoms with Crippen molar-refractivity contribution >= 4 is 21.4 Å². The lowest BCUT2D eigenvalue weighted by molar-refractivity contribution is 0.415. The molecule has 1 aromatic carbocycles. The molecule has 0 aliphatic rings. The first-order chi connectivity index (χ1) is 10.4. The van der Waals surface area contributed by atoms with Gasteiger partial charge in [-0.05, 0) is 50.8 Å². The fraction of sp³-hybridized carbons (Fsp3) is 0.647. The molecule has 0 aromatic heterocycles. The number of aryl methyl sites for hydroxylation is 1. The topological polar surface area (TPSA) is 43.4 Å². The van der Waals surface area contributed by atoms with Gasteiger partial charge in [-0.15, -0.1) is 0 Å². The van der Waals surface area contributed by atoms with E-state index in [0.717, 1.165) is 38.5 Å². The highest BCUT2D eigenvalue weighted by molar-refractivity contribution is 7.91. The summed E-state index contributed by atoms with van der Waals surface area (Å²) in [6.45, 7) is 3.49. The standard InChI is InChI=1S/C17H27ClO3S/c1-14(2)22(19,20)12-8-6-4-5-7-9-15-10-11-17(21-3)16(18)13-15/h10-11,13-14H,4-9,12H2,1-3H3. The van der Waals surface area contributed by atoms with Crippen molar-refractivity contribution in [1.82, 2.24) is 0 Å². The second-order valence-electron chi connectivity index (χ2n) is 5.90. The third-order valence-electron chi connectivity index (χ3n) is 3.83. The number of halogens is 1. The van der Waals surface area contributed by atoms with Crippen LogP contribution in [0.25, 0.3) is 0 Å². The summed E-state index contributed by atoms with van der Waals surface area (Å²) < 4.78 is 28.5. The highest BCUT2D eigenvalue weighted by atomic mass is 35.5. The number of hydrogen-bond donors (Lipinski definition) is 0. The van der Waals surface area contributed by atoms with Crippen molar-refractivity contribution in [3.8, 4) is 5.75 Å². The van der Waals surface area contributed by atoms with E-state index in [2.05, 4.69) is 0 Å². The zero-order valence-electron chi connectivity index (χ0n) is 13.8. The minimum absolute atomic E-state index is 0.257. The molecule has 0 fully saturated rings. The Balaban J connectivity index is 2.17. The maximum absolute atomic E-state index is 11.7. The monoisotopic (exact) mass is 346 g/mol. The lowest BCUT2D eigenvalue weighted by Crippen LogP contribution is -2.17. The minimum atomic E-state index is -2.87. The molecule has 0 unspecified atom stereocenters. The summed E-state index contributed by atoms with van der Waals surface area (Å²) in [6, 6.07) is 5.89. The highest BCUT2D eigenvalue weighted by Gasteiger charge is 2.14. The van der Waals surface area contributed by atoms with Crippen LogP contribution in [0.4, 0.5) is 0 Å². The number of methoxy groups -OCH3 is 1. The van der Waals surface area contributed by atoms with Gasteiger partial charge in [0.15, 0.2) is 9.84 Å². The summed E-state index contributed by atoms with van der Waals surface area (Å²) in [4.78, 5) is 0. The first-order valence-electron chi connectivity index (χ1n) is 7.91. The second-order valence-corrected chi connectivity index (χ2v) is 8.99. The number of benzene rings is 1. The van der Waals surface area contributed by atoms with Gasteiger partial charge in [-0.25, -0.2) is 8.42 Å². The Morgan fingerprint density at radius 3 is 2.32 bits per heavy atom. The van der Waals surface area contributed by atoms with E-state index in [1.807, 2.05) is 18.2 Å². The van der Waals surface area contributed by atoms with Crippen molar-refractivity contribution in [3.05, 3.63) is 28.8 Å². The molecule has 3 nitrogen and oxygen atoms in total. The molecule has 126 valence electrons. The SMILES string of the molecule is COc1ccc(CCCCCCCS(=O)(=O)C(C)C)cc1Cl. The Kier molecular flexibility index (Phi) is 8.26. The maximum atomic E-state index is 11.7. The molecular formula is C17H27ClO3S. The number of hydrogen-bond acceptors (Lipinski definition) is 3. The van der Waals surface area contributed by atoms with Crippen LogP contribution in [0.3, 0.4) is 0 Å². The van der Waals surface area contributed by atoms with Crippen LogP contribution in [0.2, 0.25) is 5.02 Å². The summed E-state index contributed by atoms with van der Waals surface area (Å²) in [5.74, 6) is 1.02. The van der Waals surface area contributed by atoms with Gasteiger partial charge in [-0.3, -0.25) is 0 Å². The molecule has 0 spiro atoms. The van der Waals surface area contributed by atoms with E-state index in [-0.39, 0.29) is 5.25 Å². The number of unbranched alkanes of at least 4 members (excludes halogenated alkanes) is 4. The molecule has 0 bridgehead atoms. The van der Waals surface area contributed by atoms with Gasteiger partial charge in [0.05, 0.1) is 23.1 Å². The normalized spacial score (nSPS) is 11.9. The fourth-order valence-electron chi connectivity index (χ4n) is 2.26. The fourth-order valence-corrected chi connectivity index (χ4v) is 3.62. The highest BCUT2D eigenvalue weighted by Crippen LogP contribution is 2.25. The van der Waals surface area contributed by atoms with Gasteiger partial charge in [-0.1, -0.05) is 36.9 Å². The van der Waals surface area contributed by atoms with Crippen LogP contribution in [0.15, 0.2) is 18.2 Å². The first-order valence-corrected chi connectivity index (χ1v) is 10.00. The summed E-state index contributed by atoms with van der Waals surface area (Å²) in [5, 5.41) is 0.395. The van der Waals surface area contributed by atoms with E-state index in [0.29, 0.717) is 16.5 Å². The van der Waals surface area contributed by atoms with Gasteiger partial charge in [0.2, 0.25) is 0 Å². The Labute approximate surface area is 139 Å². The lowest BCUT2D eigenvalue weighted by atomic mass is 10.1. The van der Waals surface area contributed by atoms with Crippen molar-refractivity contribution in [2.75, 3.05) is 12.9 Å². The molecule has 0 aliphatic carbocycles. The Morgan fingerprint density at radius 2 is 1.73 bits per heavy atom. The summed E-state index contributed by atoms with van der Waals surface area (Å²) in [6.07, 6.45) is 6.04. The predicted molar refractivity (Wildman–Crippen MR) is 93.7 cm³/mol. The van der Waals surface area contributed by atoms with Crippen LogP contribution >= 0.6 is 11.6 Å². The molecule has 0 radical (unpaired) electrons. The van der Waals surface area contributed by atoms with Crippen molar-refractivity contribution in [1.29, 1.82) is 0 Å². The quantitative estimate of drug-likeness (QED) is 0.578. The Hall–Kier alpha value is -0.740. The summed E-state index contributed by atoms with van der Waals surface area (Å²) in [7, 11) is -1.26. The van der Waals surface area contributed by atoms with Gasteiger partial charge in [-0.2, -0.15) is 0 Å². The zero-order chi connectivity index (χ0) is 16.6. The maximum Gasteiger partial charge on any atom is 0.152 e. The van der Waals surface area contributed by atoms with Crippen LogP contribution in [0, 0.1) is 0 Å². The molecule has 0 amide bonds. The van der Waals surface area contributed by atoms with Crippen LogP contribution < -0.4 is 4.74 Å². The molecule has 0 atom stereocenters. The molecule has 0 saturated carbocycles. The van der Waals surface area contributed by atoms with Crippen molar-refractivity contribution in [3.63, 3.8) is 0 Å². The summed E-state index contributed by atoms with van der Waals surface area (Å²) in [5.41, 5.74) is 1.22. The average molecular weight is 347 g/mol. The van der Waals surface area contributed by atoms with Gasteiger partial charge in [0, 0.05) is 0 Å². The third kappa shape index (κ3) is 6.57. The van der Waals surface area contributed by atoms with Gasteiger partial charge in [0.1, 0.15) is 5.75 Å². The van der Waals surface area contributed by atoms with Crippen LogP contribution in [0.5, 0.6) is 5.75 Å². The lowest BCUT2D eigenvalue weighted by Gasteiger charge is -2.08. The van der Waals surface area contributed by atoms with Crippen LogP contribution in [-0.4, -0.2) is 26.5 Å². The molecule has 5 heteroatoms.